The Bertz CT molecular complexity index is 175. The van der Waals surface area contributed by atoms with E-state index in [0.29, 0.717) is 12.3 Å². The van der Waals surface area contributed by atoms with Crippen molar-refractivity contribution in [3.8, 4) is 0 Å². The van der Waals surface area contributed by atoms with E-state index >= 15 is 0 Å². The zero-order valence-corrected chi connectivity index (χ0v) is 9.29. The predicted molar refractivity (Wildman–Crippen MR) is 54.8 cm³/mol. The van der Waals surface area contributed by atoms with Crippen molar-refractivity contribution < 1.29 is 9.90 Å². The van der Waals surface area contributed by atoms with Crippen LogP contribution in [-0.4, -0.2) is 40.9 Å². The number of likely N-dealkylation sites (tertiary alicyclic amines) is 1. The molecule has 76 valence electrons. The first-order chi connectivity index (χ1) is 6.27. The van der Waals surface area contributed by atoms with Crippen LogP contribution in [0.1, 0.15) is 19.3 Å². The van der Waals surface area contributed by atoms with Crippen molar-refractivity contribution in [3.05, 3.63) is 0 Å². The number of hydrogen-bond donors (Lipinski definition) is 1. The van der Waals surface area contributed by atoms with E-state index in [4.69, 9.17) is 5.11 Å². The molecule has 0 aliphatic carbocycles. The highest BCUT2D eigenvalue weighted by molar-refractivity contribution is 9.09. The van der Waals surface area contributed by atoms with Crippen LogP contribution in [0.5, 0.6) is 0 Å². The number of hydrogen-bond acceptors (Lipinski definition) is 2. The Balaban J connectivity index is 2.37. The molecule has 0 spiro atoms. The second-order valence-corrected chi connectivity index (χ2v) is 4.26. The fraction of sp³-hybridized carbons (Fsp3) is 0.889. The Morgan fingerprint density at radius 2 is 2.38 bits per heavy atom. The molecule has 1 aliphatic rings. The third-order valence-corrected chi connectivity index (χ3v) is 2.83. The Hall–Kier alpha value is -0.0900. The highest BCUT2D eigenvalue weighted by atomic mass is 79.9. The normalized spacial score (nSPS) is 23.2. The Morgan fingerprint density at radius 1 is 1.62 bits per heavy atom. The van der Waals surface area contributed by atoms with Crippen molar-refractivity contribution in [2.75, 3.05) is 25.0 Å². The molecule has 1 rings (SSSR count). The fourth-order valence-electron chi connectivity index (χ4n) is 1.68. The van der Waals surface area contributed by atoms with Gasteiger partial charge in [-0.2, -0.15) is 0 Å². The fourth-order valence-corrected chi connectivity index (χ4v) is 2.02. The largest absolute Gasteiger partial charge is 0.396 e. The Labute approximate surface area is 87.2 Å². The number of nitrogens with zero attached hydrogens (tertiary/aromatic N) is 1. The summed E-state index contributed by atoms with van der Waals surface area (Å²) in [5.74, 6) is 0.503. The lowest BCUT2D eigenvalue weighted by Crippen LogP contribution is -2.40. The van der Waals surface area contributed by atoms with Crippen LogP contribution in [0.3, 0.4) is 0 Å². The molecule has 1 aliphatic heterocycles. The first-order valence-corrected chi connectivity index (χ1v) is 5.84. The van der Waals surface area contributed by atoms with E-state index in [1.165, 1.54) is 0 Å². The van der Waals surface area contributed by atoms with Gasteiger partial charge in [0.05, 0.1) is 0 Å². The molecular formula is C9H16BrNO2. The van der Waals surface area contributed by atoms with Crippen molar-refractivity contribution in [2.24, 2.45) is 5.92 Å². The molecular weight excluding hydrogens is 234 g/mol. The van der Waals surface area contributed by atoms with Gasteiger partial charge in [0.1, 0.15) is 0 Å². The molecule has 0 aromatic heterocycles. The maximum atomic E-state index is 11.5. The summed E-state index contributed by atoms with van der Waals surface area (Å²) < 4.78 is 0. The van der Waals surface area contributed by atoms with Crippen molar-refractivity contribution in [2.45, 2.75) is 19.3 Å². The average Bonchev–Trinajstić information content (AvgIpc) is 2.18. The number of carbonyl (C=O) groups is 1. The van der Waals surface area contributed by atoms with Gasteiger partial charge in [-0.25, -0.2) is 0 Å². The van der Waals surface area contributed by atoms with Gasteiger partial charge in [-0.15, -0.1) is 0 Å². The average molecular weight is 250 g/mol. The summed E-state index contributed by atoms with van der Waals surface area (Å²) in [6.45, 7) is 1.81. The zero-order valence-electron chi connectivity index (χ0n) is 7.71. The predicted octanol–water partition coefficient (Wildman–Crippen LogP) is 1.00. The van der Waals surface area contributed by atoms with Crippen LogP contribution in [0.25, 0.3) is 0 Å². The quantitative estimate of drug-likeness (QED) is 0.759. The third kappa shape index (κ3) is 3.27. The van der Waals surface area contributed by atoms with Crippen molar-refractivity contribution in [1.82, 2.24) is 4.90 Å². The SMILES string of the molecule is O=C(CCBr)N1CCCC(CO)C1. The van der Waals surface area contributed by atoms with Crippen molar-refractivity contribution in [3.63, 3.8) is 0 Å². The van der Waals surface area contributed by atoms with Gasteiger partial charge < -0.3 is 10.0 Å². The highest BCUT2D eigenvalue weighted by Gasteiger charge is 2.22. The lowest BCUT2D eigenvalue weighted by Gasteiger charge is -2.31. The summed E-state index contributed by atoms with van der Waals surface area (Å²) in [5, 5.41) is 9.70. The minimum Gasteiger partial charge on any atom is -0.396 e. The van der Waals surface area contributed by atoms with E-state index < -0.39 is 0 Å². The molecule has 1 amide bonds. The lowest BCUT2D eigenvalue weighted by molar-refractivity contribution is -0.132. The smallest absolute Gasteiger partial charge is 0.223 e. The number of carbonyl (C=O) groups excluding carboxylic acids is 1. The van der Waals surface area contributed by atoms with Gasteiger partial charge >= 0.3 is 0 Å². The molecule has 13 heavy (non-hydrogen) atoms. The molecule has 1 N–H and O–H groups in total. The molecule has 1 saturated heterocycles. The summed E-state index contributed by atoms with van der Waals surface area (Å²) in [4.78, 5) is 13.3. The van der Waals surface area contributed by atoms with Crippen LogP contribution in [0.2, 0.25) is 0 Å². The van der Waals surface area contributed by atoms with Gasteiger partial charge in [-0.1, -0.05) is 15.9 Å². The van der Waals surface area contributed by atoms with Gasteiger partial charge in [0, 0.05) is 31.4 Å². The maximum Gasteiger partial charge on any atom is 0.223 e. The van der Waals surface area contributed by atoms with Crippen molar-refractivity contribution >= 4 is 21.8 Å². The van der Waals surface area contributed by atoms with E-state index in [-0.39, 0.29) is 12.5 Å². The molecule has 1 heterocycles. The number of piperidine rings is 1. The number of aliphatic hydroxyl groups is 1. The number of amides is 1. The van der Waals surface area contributed by atoms with Gasteiger partial charge in [0.25, 0.3) is 0 Å². The molecule has 0 aromatic rings. The highest BCUT2D eigenvalue weighted by Crippen LogP contribution is 2.16. The van der Waals surface area contributed by atoms with E-state index in [2.05, 4.69) is 15.9 Å². The van der Waals surface area contributed by atoms with E-state index in [1.807, 2.05) is 4.90 Å². The maximum absolute atomic E-state index is 11.5. The van der Waals surface area contributed by atoms with Crippen LogP contribution in [-0.2, 0) is 4.79 Å². The summed E-state index contributed by atoms with van der Waals surface area (Å²) in [6, 6.07) is 0. The van der Waals surface area contributed by atoms with Crippen LogP contribution in [0, 0.1) is 5.92 Å². The number of rotatable bonds is 3. The number of aliphatic hydroxyl groups excluding tert-OH is 1. The first kappa shape index (κ1) is 11.0. The number of halogens is 1. The van der Waals surface area contributed by atoms with Gasteiger partial charge in [0.2, 0.25) is 5.91 Å². The van der Waals surface area contributed by atoms with Gasteiger partial charge in [-0.3, -0.25) is 4.79 Å². The van der Waals surface area contributed by atoms with E-state index in [0.717, 1.165) is 31.3 Å². The van der Waals surface area contributed by atoms with E-state index in [9.17, 15) is 4.79 Å². The van der Waals surface area contributed by atoms with Gasteiger partial charge in [-0.05, 0) is 18.8 Å². The minimum atomic E-state index is 0.204. The number of alkyl halides is 1. The molecule has 1 fully saturated rings. The molecule has 0 bridgehead atoms. The van der Waals surface area contributed by atoms with Crippen molar-refractivity contribution in [1.29, 1.82) is 0 Å². The monoisotopic (exact) mass is 249 g/mol. The molecule has 0 radical (unpaired) electrons. The Kier molecular flexibility index (Phi) is 4.73. The summed E-state index contributed by atoms with van der Waals surface area (Å²) in [5.41, 5.74) is 0. The van der Waals surface area contributed by atoms with Gasteiger partial charge in [0.15, 0.2) is 0 Å². The Morgan fingerprint density at radius 3 is 3.00 bits per heavy atom. The molecule has 4 heteroatoms. The molecule has 1 atom stereocenters. The zero-order chi connectivity index (χ0) is 9.68. The third-order valence-electron chi connectivity index (χ3n) is 2.44. The molecule has 0 aromatic carbocycles. The summed E-state index contributed by atoms with van der Waals surface area (Å²) in [7, 11) is 0. The summed E-state index contributed by atoms with van der Waals surface area (Å²) >= 11 is 3.25. The minimum absolute atomic E-state index is 0.204. The van der Waals surface area contributed by atoms with Crippen LogP contribution in [0.4, 0.5) is 0 Å². The lowest BCUT2D eigenvalue weighted by atomic mass is 9.99. The van der Waals surface area contributed by atoms with Crippen LogP contribution < -0.4 is 0 Å². The summed E-state index contributed by atoms with van der Waals surface area (Å²) in [6.07, 6.45) is 2.64. The second kappa shape index (κ2) is 5.60. The molecule has 3 nitrogen and oxygen atoms in total. The van der Waals surface area contributed by atoms with Crippen LogP contribution >= 0.6 is 15.9 Å². The van der Waals surface area contributed by atoms with Crippen LogP contribution in [0.15, 0.2) is 0 Å². The topological polar surface area (TPSA) is 40.5 Å². The molecule has 0 saturated carbocycles. The first-order valence-electron chi connectivity index (χ1n) is 4.72. The second-order valence-electron chi connectivity index (χ2n) is 3.47. The molecule has 1 unspecified atom stereocenters. The standard InChI is InChI=1S/C9H16BrNO2/c10-4-3-9(13)11-5-1-2-8(6-11)7-12/h8,12H,1-7H2. The van der Waals surface area contributed by atoms with E-state index in [1.54, 1.807) is 0 Å².